The van der Waals surface area contributed by atoms with Crippen molar-refractivity contribution in [3.05, 3.63) is 70.1 Å². The Labute approximate surface area is 196 Å². The minimum Gasteiger partial charge on any atom is -0.397 e. The van der Waals surface area contributed by atoms with Gasteiger partial charge in [-0.2, -0.15) is 5.26 Å². The summed E-state index contributed by atoms with van der Waals surface area (Å²) >= 11 is 7.08. The van der Waals surface area contributed by atoms with Crippen LogP contribution in [0.15, 0.2) is 41.4 Å². The molecule has 176 valence electrons. The molecule has 3 rings (SSSR count). The topological polar surface area (TPSA) is 132 Å². The van der Waals surface area contributed by atoms with Crippen LogP contribution in [-0.2, 0) is 4.74 Å². The van der Waals surface area contributed by atoms with Crippen LogP contribution >= 0.6 is 23.4 Å². The molecular weight excluding hydrogens is 483 g/mol. The van der Waals surface area contributed by atoms with Crippen LogP contribution in [0.2, 0.25) is 5.02 Å². The molecule has 0 radical (unpaired) electrons. The van der Waals surface area contributed by atoms with Crippen LogP contribution in [0.5, 0.6) is 0 Å². The second-order valence-electron chi connectivity index (χ2n) is 7.12. The maximum Gasteiger partial charge on any atom is 0.194 e. The van der Waals surface area contributed by atoms with Crippen LogP contribution in [0.25, 0.3) is 5.70 Å². The second-order valence-corrected chi connectivity index (χ2v) is 8.70. The summed E-state index contributed by atoms with van der Waals surface area (Å²) in [4.78, 5) is 0.558. The number of benzene rings is 2. The number of nitrogens with one attached hydrogen (secondary N) is 1. The summed E-state index contributed by atoms with van der Waals surface area (Å²) in [6.07, 6.45) is -2.69. The summed E-state index contributed by atoms with van der Waals surface area (Å²) in [5.74, 6) is -4.49. The van der Waals surface area contributed by atoms with Crippen molar-refractivity contribution in [3.8, 4) is 6.07 Å². The average Bonchev–Trinajstić information content (AvgIpc) is 2.78. The van der Waals surface area contributed by atoms with Gasteiger partial charge in [-0.3, -0.25) is 0 Å². The van der Waals surface area contributed by atoms with Crippen molar-refractivity contribution < 1.29 is 33.2 Å². The molecule has 1 saturated heterocycles. The van der Waals surface area contributed by atoms with E-state index in [-0.39, 0.29) is 21.8 Å². The average molecular weight is 502 g/mol. The predicted octanol–water partition coefficient (Wildman–Crippen LogP) is 2.08. The Hall–Kier alpha value is -2.46. The SMILES string of the molecule is N#Cc1ccc(SC2OC(CO)C(O)C(N/C=C(\N)c3cc(F)c(F)c(F)c3)C2O)cc1Cl. The van der Waals surface area contributed by atoms with Gasteiger partial charge in [0.05, 0.1) is 28.9 Å². The molecule has 0 spiro atoms. The Morgan fingerprint density at radius 2 is 1.88 bits per heavy atom. The quantitative estimate of drug-likeness (QED) is 0.380. The molecule has 0 saturated carbocycles. The van der Waals surface area contributed by atoms with Crippen LogP contribution in [0.1, 0.15) is 11.1 Å². The fourth-order valence-corrected chi connectivity index (χ4v) is 4.56. The maximum atomic E-state index is 13.5. The molecule has 33 heavy (non-hydrogen) atoms. The number of hydrogen-bond acceptors (Lipinski definition) is 8. The molecule has 0 amide bonds. The Morgan fingerprint density at radius 1 is 1.21 bits per heavy atom. The molecule has 5 unspecified atom stereocenters. The lowest BCUT2D eigenvalue weighted by atomic mass is 9.97. The fourth-order valence-electron chi connectivity index (χ4n) is 3.17. The van der Waals surface area contributed by atoms with Crippen LogP contribution < -0.4 is 11.1 Å². The summed E-state index contributed by atoms with van der Waals surface area (Å²) in [6.45, 7) is -0.565. The number of nitrogens with zero attached hydrogens (tertiary/aromatic N) is 1. The van der Waals surface area contributed by atoms with Gasteiger partial charge in [-0.25, -0.2) is 13.2 Å². The van der Waals surface area contributed by atoms with E-state index >= 15 is 0 Å². The second kappa shape index (κ2) is 10.6. The van der Waals surface area contributed by atoms with Gasteiger partial charge in [-0.05, 0) is 30.3 Å². The van der Waals surface area contributed by atoms with Crippen molar-refractivity contribution in [1.29, 1.82) is 5.26 Å². The van der Waals surface area contributed by atoms with Gasteiger partial charge in [-0.15, -0.1) is 0 Å². The molecule has 12 heteroatoms. The Morgan fingerprint density at radius 3 is 2.45 bits per heavy atom. The molecule has 2 aromatic carbocycles. The number of thioether (sulfide) groups is 1. The Bertz CT molecular complexity index is 1080. The monoisotopic (exact) mass is 501 g/mol. The first-order chi connectivity index (χ1) is 15.7. The lowest BCUT2D eigenvalue weighted by Gasteiger charge is -2.42. The number of aliphatic hydroxyl groups is 3. The molecule has 0 bridgehead atoms. The van der Waals surface area contributed by atoms with Gasteiger partial charge in [0.25, 0.3) is 0 Å². The van der Waals surface area contributed by atoms with E-state index in [1.165, 1.54) is 12.1 Å². The smallest absolute Gasteiger partial charge is 0.194 e. The van der Waals surface area contributed by atoms with E-state index in [4.69, 9.17) is 27.3 Å². The zero-order valence-corrected chi connectivity index (χ0v) is 18.3. The molecule has 1 aliphatic rings. The molecule has 5 atom stereocenters. The van der Waals surface area contributed by atoms with E-state index in [0.717, 1.165) is 18.0 Å². The van der Waals surface area contributed by atoms with Crippen molar-refractivity contribution in [2.75, 3.05) is 6.61 Å². The van der Waals surface area contributed by atoms with Crippen molar-refractivity contribution in [1.82, 2.24) is 5.32 Å². The van der Waals surface area contributed by atoms with E-state index in [1.807, 2.05) is 6.07 Å². The number of nitriles is 1. The molecule has 7 nitrogen and oxygen atoms in total. The van der Waals surface area contributed by atoms with Gasteiger partial charge in [0.2, 0.25) is 0 Å². The molecule has 2 aromatic rings. The normalized spacial score (nSPS) is 25.5. The van der Waals surface area contributed by atoms with Gasteiger partial charge in [0, 0.05) is 16.7 Å². The Kier molecular flexibility index (Phi) is 8.12. The van der Waals surface area contributed by atoms with Crippen LogP contribution in [-0.4, -0.2) is 51.7 Å². The maximum absolute atomic E-state index is 13.5. The Balaban J connectivity index is 1.80. The molecule has 0 aromatic heterocycles. The van der Waals surface area contributed by atoms with Crippen LogP contribution in [0, 0.1) is 28.8 Å². The highest BCUT2D eigenvalue weighted by molar-refractivity contribution is 7.99. The highest BCUT2D eigenvalue weighted by Gasteiger charge is 2.44. The van der Waals surface area contributed by atoms with Gasteiger partial charge in [-0.1, -0.05) is 23.4 Å². The van der Waals surface area contributed by atoms with E-state index in [1.54, 1.807) is 6.07 Å². The number of nitrogens with two attached hydrogens (primary N) is 1. The first kappa shape index (κ1) is 25.2. The van der Waals surface area contributed by atoms with Crippen LogP contribution in [0.3, 0.4) is 0 Å². The molecule has 6 N–H and O–H groups in total. The summed E-state index contributed by atoms with van der Waals surface area (Å²) in [6, 6.07) is 6.84. The largest absolute Gasteiger partial charge is 0.397 e. The van der Waals surface area contributed by atoms with Crippen molar-refractivity contribution in [2.24, 2.45) is 5.73 Å². The third-order valence-electron chi connectivity index (χ3n) is 4.95. The summed E-state index contributed by atoms with van der Waals surface area (Å²) in [5, 5.41) is 42.7. The molecular formula is C21H19ClF3N3O4S. The lowest BCUT2D eigenvalue weighted by molar-refractivity contribution is -0.164. The molecule has 1 aliphatic heterocycles. The van der Waals surface area contributed by atoms with Crippen molar-refractivity contribution in [3.63, 3.8) is 0 Å². The number of aliphatic hydroxyl groups excluding tert-OH is 3. The highest BCUT2D eigenvalue weighted by Crippen LogP contribution is 2.35. The summed E-state index contributed by atoms with van der Waals surface area (Å²) in [7, 11) is 0. The minimum absolute atomic E-state index is 0.160. The third kappa shape index (κ3) is 5.55. The minimum atomic E-state index is -1.64. The summed E-state index contributed by atoms with van der Waals surface area (Å²) < 4.78 is 45.7. The number of hydrogen-bond donors (Lipinski definition) is 5. The van der Waals surface area contributed by atoms with Gasteiger partial charge < -0.3 is 31.1 Å². The van der Waals surface area contributed by atoms with Crippen molar-refractivity contribution in [2.45, 2.75) is 34.7 Å². The lowest BCUT2D eigenvalue weighted by Crippen LogP contribution is -2.62. The van der Waals surface area contributed by atoms with E-state index in [0.29, 0.717) is 17.0 Å². The zero-order valence-electron chi connectivity index (χ0n) is 16.8. The van der Waals surface area contributed by atoms with E-state index in [2.05, 4.69) is 5.32 Å². The number of halogens is 4. The van der Waals surface area contributed by atoms with Gasteiger partial charge in [0.15, 0.2) is 17.5 Å². The van der Waals surface area contributed by atoms with Gasteiger partial charge in [0.1, 0.15) is 29.8 Å². The fraction of sp³-hybridized carbons (Fsp3) is 0.286. The first-order valence-electron chi connectivity index (χ1n) is 9.51. The number of rotatable bonds is 6. The zero-order chi connectivity index (χ0) is 24.3. The highest BCUT2D eigenvalue weighted by atomic mass is 35.5. The third-order valence-corrected chi connectivity index (χ3v) is 6.41. The first-order valence-corrected chi connectivity index (χ1v) is 10.8. The van der Waals surface area contributed by atoms with Crippen LogP contribution in [0.4, 0.5) is 13.2 Å². The van der Waals surface area contributed by atoms with E-state index in [9.17, 15) is 28.5 Å². The van der Waals surface area contributed by atoms with Crippen molar-refractivity contribution >= 4 is 29.1 Å². The van der Waals surface area contributed by atoms with E-state index < -0.39 is 53.8 Å². The van der Waals surface area contributed by atoms with Gasteiger partial charge >= 0.3 is 0 Å². The molecule has 0 aliphatic carbocycles. The number of ether oxygens (including phenoxy) is 1. The standard InChI is InChI=1S/C21H19ClF3N3O4S/c22-12-5-11(2-1-9(12)6-26)33-21-20(31)18(19(30)16(8-29)32-21)28-7-15(27)10-3-13(23)17(25)14(24)4-10/h1-5,7,16,18-21,28-31H,8,27H2/b15-7-. The molecule has 1 heterocycles. The molecule has 1 fully saturated rings. The summed E-state index contributed by atoms with van der Waals surface area (Å²) in [5.41, 5.74) is 4.76. The predicted molar refractivity (Wildman–Crippen MR) is 115 cm³/mol.